The first-order chi connectivity index (χ1) is 13.4. The summed E-state index contributed by atoms with van der Waals surface area (Å²) in [6, 6.07) is 0. The summed E-state index contributed by atoms with van der Waals surface area (Å²) in [5.74, 6) is -4.28. The van der Waals surface area contributed by atoms with Crippen molar-refractivity contribution in [1.29, 1.82) is 0 Å². The van der Waals surface area contributed by atoms with Gasteiger partial charge in [-0.15, -0.1) is 0 Å². The Morgan fingerprint density at radius 2 is 1.36 bits per heavy atom. The van der Waals surface area contributed by atoms with Crippen LogP contribution in [0.3, 0.4) is 0 Å². The van der Waals surface area contributed by atoms with Gasteiger partial charge in [0.15, 0.2) is 18.4 Å². The standard InChI is InChI=1S/C15H19N3O10/c19-12(20)1-3-14(23)27-11-16-5-7-25-9-10-26-8-6-17-18-28-15(24)4-2-13(21)22/h1-4,11H,5-10H2,(H,19,20)(H,21,22)/p+2/b3-1-,4-2-,16-11?,18-17?. The molecule has 0 aliphatic rings. The summed E-state index contributed by atoms with van der Waals surface area (Å²) in [6.45, 7) is 1.82. The van der Waals surface area contributed by atoms with Crippen LogP contribution in [0.4, 0.5) is 0 Å². The highest BCUT2D eigenvalue weighted by Crippen LogP contribution is 1.80. The van der Waals surface area contributed by atoms with Crippen molar-refractivity contribution in [3.05, 3.63) is 24.3 Å². The zero-order valence-electron chi connectivity index (χ0n) is 14.7. The predicted molar refractivity (Wildman–Crippen MR) is 87.5 cm³/mol. The van der Waals surface area contributed by atoms with Crippen molar-refractivity contribution >= 4 is 30.3 Å². The van der Waals surface area contributed by atoms with Crippen molar-refractivity contribution in [2.24, 2.45) is 5.28 Å². The topological polar surface area (TPSA) is 186 Å². The Labute approximate surface area is 158 Å². The highest BCUT2D eigenvalue weighted by Gasteiger charge is 2.00. The maximum absolute atomic E-state index is 11.0. The lowest BCUT2D eigenvalue weighted by Gasteiger charge is -2.00. The molecule has 0 bridgehead atoms. The van der Waals surface area contributed by atoms with Gasteiger partial charge in [0.2, 0.25) is 0 Å². The Hall–Kier alpha value is -3.45. The molecule has 154 valence electrons. The molecule has 0 saturated heterocycles. The van der Waals surface area contributed by atoms with Gasteiger partial charge in [0.1, 0.15) is 13.2 Å². The van der Waals surface area contributed by atoms with E-state index in [0.717, 1.165) is 12.5 Å². The molecule has 28 heavy (non-hydrogen) atoms. The molecule has 0 heterocycles. The van der Waals surface area contributed by atoms with Crippen molar-refractivity contribution in [2.45, 2.75) is 0 Å². The number of ether oxygens (including phenoxy) is 3. The van der Waals surface area contributed by atoms with Crippen molar-refractivity contribution in [3.8, 4) is 0 Å². The molecular weight excluding hydrogens is 382 g/mol. The highest BCUT2D eigenvalue weighted by molar-refractivity contribution is 5.93. The van der Waals surface area contributed by atoms with Gasteiger partial charge in [-0.2, -0.15) is 0 Å². The zero-order chi connectivity index (χ0) is 21.0. The van der Waals surface area contributed by atoms with E-state index >= 15 is 0 Å². The minimum atomic E-state index is -1.27. The van der Waals surface area contributed by atoms with Crippen LogP contribution in [0.2, 0.25) is 0 Å². The van der Waals surface area contributed by atoms with E-state index in [1.165, 1.54) is 0 Å². The fraction of sp³-hybridized carbons (Fsp3) is 0.400. The quantitative estimate of drug-likeness (QED) is 0.0399. The number of hydrogen-bond donors (Lipinski definition) is 4. The maximum atomic E-state index is 11.0. The van der Waals surface area contributed by atoms with E-state index in [-0.39, 0.29) is 13.2 Å². The molecule has 0 aromatic rings. The molecule has 0 rings (SSSR count). The molecule has 0 radical (unpaired) electrons. The monoisotopic (exact) mass is 403 g/mol. The minimum absolute atomic E-state index is 0.258. The van der Waals surface area contributed by atoms with Gasteiger partial charge in [-0.3, -0.25) is 4.84 Å². The van der Waals surface area contributed by atoms with Gasteiger partial charge < -0.3 is 24.4 Å². The van der Waals surface area contributed by atoms with Gasteiger partial charge in [0.25, 0.3) is 0 Å². The maximum Gasteiger partial charge on any atom is 0.364 e. The number of carbonyl (C=O) groups is 4. The van der Waals surface area contributed by atoms with E-state index in [9.17, 15) is 19.2 Å². The van der Waals surface area contributed by atoms with Crippen molar-refractivity contribution < 1.29 is 58.5 Å². The predicted octanol–water partition coefficient (Wildman–Crippen LogP) is -4.06. The number of carboxylic acid groups (broad SMARTS) is 2. The van der Waals surface area contributed by atoms with Crippen molar-refractivity contribution in [3.63, 3.8) is 0 Å². The van der Waals surface area contributed by atoms with Gasteiger partial charge in [-0.1, -0.05) is 5.11 Å². The van der Waals surface area contributed by atoms with Crippen LogP contribution in [0.5, 0.6) is 0 Å². The summed E-state index contributed by atoms with van der Waals surface area (Å²) in [5, 5.41) is 22.2. The summed E-state index contributed by atoms with van der Waals surface area (Å²) in [7, 11) is 0. The number of rotatable bonds is 15. The van der Waals surface area contributed by atoms with Gasteiger partial charge in [-0.25, -0.2) is 24.2 Å². The first-order valence-electron chi connectivity index (χ1n) is 7.79. The number of hydrogen-bond acceptors (Lipinski definition) is 9. The lowest BCUT2D eigenvalue weighted by molar-refractivity contribution is -0.561. The highest BCUT2D eigenvalue weighted by atomic mass is 16.7. The summed E-state index contributed by atoms with van der Waals surface area (Å²) in [5.41, 5.74) is 0. The number of esters is 1. The molecule has 4 N–H and O–H groups in total. The van der Waals surface area contributed by atoms with E-state index in [4.69, 9.17) is 19.7 Å². The number of carboxylic acids is 2. The second-order valence-corrected chi connectivity index (χ2v) is 4.49. The molecule has 0 saturated carbocycles. The average molecular weight is 403 g/mol. The minimum Gasteiger partial charge on any atom is -0.478 e. The molecule has 0 aliphatic heterocycles. The van der Waals surface area contributed by atoms with Crippen LogP contribution < -0.4 is 10.1 Å². The van der Waals surface area contributed by atoms with E-state index in [1.54, 1.807) is 0 Å². The summed E-state index contributed by atoms with van der Waals surface area (Å²) in [6.07, 6.45) is 3.80. The summed E-state index contributed by atoms with van der Waals surface area (Å²) < 4.78 is 14.9. The zero-order valence-corrected chi connectivity index (χ0v) is 14.7. The molecule has 0 fully saturated rings. The molecule has 13 nitrogen and oxygen atoms in total. The molecule has 0 amide bonds. The van der Waals surface area contributed by atoms with E-state index in [2.05, 4.69) is 25.0 Å². The fourth-order valence-corrected chi connectivity index (χ4v) is 1.20. The molecule has 13 heteroatoms. The molecular formula is C15H21N3O10+2. The second kappa shape index (κ2) is 17.0. The Kier molecular flexibility index (Phi) is 14.9. The fourth-order valence-electron chi connectivity index (χ4n) is 1.20. The van der Waals surface area contributed by atoms with Gasteiger partial charge in [0, 0.05) is 24.3 Å². The lowest BCUT2D eigenvalue weighted by atomic mass is 10.5. The van der Waals surface area contributed by atoms with Crippen LogP contribution >= 0.6 is 0 Å². The molecule has 0 aromatic carbocycles. The van der Waals surface area contributed by atoms with Crippen LogP contribution in [0.1, 0.15) is 0 Å². The third kappa shape index (κ3) is 18.9. The molecule has 0 aliphatic carbocycles. The first kappa shape index (κ1) is 24.6. The summed E-state index contributed by atoms with van der Waals surface area (Å²) >= 11 is 0. The van der Waals surface area contributed by atoms with E-state index in [1.807, 2.05) is 0 Å². The van der Waals surface area contributed by atoms with Crippen LogP contribution in [0, 0.1) is 0 Å². The third-order valence-corrected chi connectivity index (χ3v) is 2.30. The largest absolute Gasteiger partial charge is 0.478 e. The number of carbonyl (C=O) groups excluding carboxylic acids is 2. The first-order valence-corrected chi connectivity index (χ1v) is 7.79. The molecule has 0 unspecified atom stereocenters. The van der Waals surface area contributed by atoms with Crippen LogP contribution in [0.15, 0.2) is 29.6 Å². The SMILES string of the molecule is O=C(O)/C=C\C(=O)OC=[NH+]CCOCCOCC[NH+]=NOC(=O)/C=C\C(=O)O. The van der Waals surface area contributed by atoms with Crippen LogP contribution in [-0.4, -0.2) is 80.0 Å². The third-order valence-electron chi connectivity index (χ3n) is 2.30. The molecule has 0 atom stereocenters. The van der Waals surface area contributed by atoms with E-state index in [0.29, 0.717) is 44.6 Å². The van der Waals surface area contributed by atoms with Gasteiger partial charge in [0.05, 0.1) is 13.2 Å². The lowest BCUT2D eigenvalue weighted by Crippen LogP contribution is -2.70. The summed E-state index contributed by atoms with van der Waals surface area (Å²) in [4.78, 5) is 49.2. The van der Waals surface area contributed by atoms with Gasteiger partial charge >= 0.3 is 30.3 Å². The van der Waals surface area contributed by atoms with Crippen LogP contribution in [-0.2, 0) is 38.2 Å². The smallest absolute Gasteiger partial charge is 0.364 e. The number of nitrogens with zero attached hydrogens (tertiary/aromatic N) is 1. The van der Waals surface area contributed by atoms with Gasteiger partial charge in [-0.05, 0) is 0 Å². The van der Waals surface area contributed by atoms with E-state index < -0.39 is 23.9 Å². The number of nitrogens with one attached hydrogen (secondary N) is 2. The normalized spacial score (nSPS) is 11.6. The average Bonchev–Trinajstić information content (AvgIpc) is 2.64. The Bertz CT molecular complexity index is 574. The Morgan fingerprint density at radius 1 is 0.786 bits per heavy atom. The second-order valence-electron chi connectivity index (χ2n) is 4.49. The Morgan fingerprint density at radius 3 is 1.96 bits per heavy atom. The number of aliphatic carboxylic acids is 2. The van der Waals surface area contributed by atoms with Crippen molar-refractivity contribution in [1.82, 2.24) is 0 Å². The van der Waals surface area contributed by atoms with Crippen molar-refractivity contribution in [2.75, 3.05) is 39.5 Å². The molecule has 0 aromatic heterocycles. The Balaban J connectivity index is 3.48. The molecule has 0 spiro atoms. The van der Waals surface area contributed by atoms with Crippen LogP contribution in [0.25, 0.3) is 0 Å².